The first-order valence-electron chi connectivity index (χ1n) is 7.02. The molecule has 2 aliphatic rings. The summed E-state index contributed by atoms with van der Waals surface area (Å²) in [5.74, 6) is -1.41. The van der Waals surface area contributed by atoms with Crippen LogP contribution in [0.3, 0.4) is 0 Å². The van der Waals surface area contributed by atoms with Gasteiger partial charge in [0.2, 0.25) is 11.8 Å². The Labute approximate surface area is 115 Å². The second kappa shape index (κ2) is 6.01. The Morgan fingerprint density at radius 3 is 2.45 bits per heavy atom. The molecule has 20 heavy (non-hydrogen) atoms. The molecule has 0 aromatic rings. The molecule has 0 aromatic heterocycles. The zero-order valence-electron chi connectivity index (χ0n) is 11.2. The van der Waals surface area contributed by atoms with E-state index in [1.807, 2.05) is 0 Å². The van der Waals surface area contributed by atoms with Crippen molar-refractivity contribution in [1.29, 1.82) is 0 Å². The Morgan fingerprint density at radius 1 is 1.30 bits per heavy atom. The summed E-state index contributed by atoms with van der Waals surface area (Å²) in [6.07, 6.45) is -0.856. The average molecular weight is 292 g/mol. The molecular weight excluding hydrogens is 273 g/mol. The van der Waals surface area contributed by atoms with Crippen LogP contribution < -0.4 is 5.32 Å². The van der Waals surface area contributed by atoms with E-state index in [4.69, 9.17) is 0 Å². The Balaban J connectivity index is 1.93. The highest BCUT2D eigenvalue weighted by Gasteiger charge is 2.46. The summed E-state index contributed by atoms with van der Waals surface area (Å²) in [5.41, 5.74) is 0. The van der Waals surface area contributed by atoms with Crippen LogP contribution in [0, 0.1) is 5.92 Å². The summed E-state index contributed by atoms with van der Waals surface area (Å²) in [7, 11) is 0. The fourth-order valence-corrected chi connectivity index (χ4v) is 3.02. The van der Waals surface area contributed by atoms with Crippen molar-refractivity contribution < 1.29 is 22.8 Å². The molecule has 2 amide bonds. The van der Waals surface area contributed by atoms with E-state index in [2.05, 4.69) is 5.32 Å². The normalized spacial score (nSPS) is 22.4. The van der Waals surface area contributed by atoms with Crippen LogP contribution in [0.25, 0.3) is 0 Å². The van der Waals surface area contributed by atoms with E-state index in [1.165, 1.54) is 4.90 Å². The molecule has 1 atom stereocenters. The summed E-state index contributed by atoms with van der Waals surface area (Å²) >= 11 is 0. The predicted octanol–water partition coefficient (Wildman–Crippen LogP) is 1.85. The molecule has 0 bridgehead atoms. The number of hydrogen-bond acceptors (Lipinski definition) is 2. The summed E-state index contributed by atoms with van der Waals surface area (Å²) in [5, 5.41) is 2.09. The molecule has 1 aliphatic carbocycles. The van der Waals surface area contributed by atoms with Crippen LogP contribution in [0.4, 0.5) is 13.2 Å². The molecular formula is C13H19F3N2O2. The van der Waals surface area contributed by atoms with Crippen molar-refractivity contribution in [3.63, 3.8) is 0 Å². The number of likely N-dealkylation sites (tertiary alicyclic amines) is 1. The van der Waals surface area contributed by atoms with Crippen molar-refractivity contribution in [3.05, 3.63) is 0 Å². The molecule has 1 unspecified atom stereocenters. The maximum Gasteiger partial charge on any atom is 0.408 e. The van der Waals surface area contributed by atoms with Crippen LogP contribution in [-0.2, 0) is 9.59 Å². The van der Waals surface area contributed by atoms with Crippen molar-refractivity contribution in [1.82, 2.24) is 10.2 Å². The lowest BCUT2D eigenvalue weighted by atomic mass is 9.97. The van der Waals surface area contributed by atoms with Gasteiger partial charge in [-0.1, -0.05) is 12.8 Å². The summed E-state index contributed by atoms with van der Waals surface area (Å²) < 4.78 is 39.1. The van der Waals surface area contributed by atoms with E-state index < -0.39 is 24.0 Å². The van der Waals surface area contributed by atoms with Crippen LogP contribution in [0.5, 0.6) is 0 Å². The number of carbonyl (C=O) groups excluding carboxylic acids is 2. The van der Waals surface area contributed by atoms with Crippen LogP contribution in [0.1, 0.15) is 38.5 Å². The number of hydrogen-bond donors (Lipinski definition) is 1. The molecule has 1 heterocycles. The largest absolute Gasteiger partial charge is 0.408 e. The van der Waals surface area contributed by atoms with Crippen molar-refractivity contribution in [2.24, 2.45) is 5.92 Å². The number of nitrogens with zero attached hydrogens (tertiary/aromatic N) is 1. The molecule has 1 saturated heterocycles. The zero-order valence-corrected chi connectivity index (χ0v) is 11.2. The first kappa shape index (κ1) is 15.1. The predicted molar refractivity (Wildman–Crippen MR) is 65.8 cm³/mol. The lowest BCUT2D eigenvalue weighted by Gasteiger charge is -2.27. The molecule has 0 spiro atoms. The minimum absolute atomic E-state index is 0.162. The van der Waals surface area contributed by atoms with Gasteiger partial charge in [0.1, 0.15) is 6.04 Å². The Morgan fingerprint density at radius 2 is 1.95 bits per heavy atom. The molecule has 1 N–H and O–H groups in total. The second-order valence-electron chi connectivity index (χ2n) is 5.55. The molecule has 2 fully saturated rings. The third-order valence-electron chi connectivity index (χ3n) is 4.05. The van der Waals surface area contributed by atoms with Gasteiger partial charge < -0.3 is 10.2 Å². The molecule has 1 aliphatic heterocycles. The summed E-state index contributed by atoms with van der Waals surface area (Å²) in [4.78, 5) is 24.4. The van der Waals surface area contributed by atoms with E-state index in [1.54, 1.807) is 0 Å². The van der Waals surface area contributed by atoms with Gasteiger partial charge >= 0.3 is 6.18 Å². The van der Waals surface area contributed by atoms with Crippen LogP contribution in [0.15, 0.2) is 0 Å². The number of halogens is 3. The van der Waals surface area contributed by atoms with Crippen molar-refractivity contribution in [2.45, 2.75) is 50.7 Å². The van der Waals surface area contributed by atoms with E-state index in [-0.39, 0.29) is 12.5 Å². The maximum atomic E-state index is 13.0. The van der Waals surface area contributed by atoms with Crippen molar-refractivity contribution in [3.8, 4) is 0 Å². The van der Waals surface area contributed by atoms with Gasteiger partial charge in [0.15, 0.2) is 0 Å². The molecule has 4 nitrogen and oxygen atoms in total. The Hall–Kier alpha value is -1.27. The van der Waals surface area contributed by atoms with E-state index in [9.17, 15) is 22.8 Å². The van der Waals surface area contributed by atoms with Gasteiger partial charge in [0.25, 0.3) is 0 Å². The van der Waals surface area contributed by atoms with E-state index in [0.29, 0.717) is 32.2 Å². The molecule has 0 aromatic carbocycles. The Kier molecular flexibility index (Phi) is 4.55. The first-order chi connectivity index (χ1) is 9.38. The SMILES string of the molecule is O=C(CN1CCCC1=O)NC(C1CCCC1)C(F)(F)F. The topological polar surface area (TPSA) is 49.4 Å². The highest BCUT2D eigenvalue weighted by atomic mass is 19.4. The molecule has 2 rings (SSSR count). The van der Waals surface area contributed by atoms with Gasteiger partial charge in [-0.3, -0.25) is 9.59 Å². The highest BCUT2D eigenvalue weighted by molar-refractivity contribution is 5.86. The first-order valence-corrected chi connectivity index (χ1v) is 7.02. The third-order valence-corrected chi connectivity index (χ3v) is 4.05. The highest BCUT2D eigenvalue weighted by Crippen LogP contribution is 2.35. The number of rotatable bonds is 4. The van der Waals surface area contributed by atoms with E-state index >= 15 is 0 Å². The lowest BCUT2D eigenvalue weighted by Crippen LogP contribution is -2.52. The van der Waals surface area contributed by atoms with Gasteiger partial charge in [-0.2, -0.15) is 13.2 Å². The second-order valence-corrected chi connectivity index (χ2v) is 5.55. The number of alkyl halides is 3. The van der Waals surface area contributed by atoms with Gasteiger partial charge in [-0.15, -0.1) is 0 Å². The quantitative estimate of drug-likeness (QED) is 0.859. The molecule has 7 heteroatoms. The van der Waals surface area contributed by atoms with Crippen LogP contribution >= 0.6 is 0 Å². The Bertz CT molecular complexity index is 378. The van der Waals surface area contributed by atoms with Crippen molar-refractivity contribution in [2.75, 3.05) is 13.1 Å². The third kappa shape index (κ3) is 3.64. The van der Waals surface area contributed by atoms with Crippen LogP contribution in [0.2, 0.25) is 0 Å². The summed E-state index contributed by atoms with van der Waals surface area (Å²) in [6, 6.07) is -1.78. The van der Waals surface area contributed by atoms with Gasteiger partial charge in [0, 0.05) is 13.0 Å². The minimum Gasteiger partial charge on any atom is -0.343 e. The van der Waals surface area contributed by atoms with Gasteiger partial charge in [0.05, 0.1) is 6.54 Å². The van der Waals surface area contributed by atoms with Crippen LogP contribution in [-0.4, -0.2) is 42.0 Å². The number of carbonyl (C=O) groups is 2. The monoisotopic (exact) mass is 292 g/mol. The average Bonchev–Trinajstić information content (AvgIpc) is 2.97. The molecule has 114 valence electrons. The van der Waals surface area contributed by atoms with E-state index in [0.717, 1.165) is 12.8 Å². The fourth-order valence-electron chi connectivity index (χ4n) is 3.02. The summed E-state index contributed by atoms with van der Waals surface area (Å²) in [6.45, 7) is 0.185. The standard InChI is InChI=1S/C13H19F3N2O2/c14-13(15,16)12(9-4-1-2-5-9)17-10(19)8-18-7-3-6-11(18)20/h9,12H,1-8H2,(H,17,19). The maximum absolute atomic E-state index is 13.0. The van der Waals surface area contributed by atoms with Crippen molar-refractivity contribution >= 4 is 11.8 Å². The smallest absolute Gasteiger partial charge is 0.343 e. The minimum atomic E-state index is -4.43. The molecule has 0 radical (unpaired) electrons. The fraction of sp³-hybridized carbons (Fsp3) is 0.846. The number of amides is 2. The number of nitrogens with one attached hydrogen (secondary N) is 1. The lowest BCUT2D eigenvalue weighted by molar-refractivity contribution is -0.172. The van der Waals surface area contributed by atoms with Gasteiger partial charge in [-0.25, -0.2) is 0 Å². The zero-order chi connectivity index (χ0) is 14.8. The molecule has 1 saturated carbocycles. The van der Waals surface area contributed by atoms with Gasteiger partial charge in [-0.05, 0) is 25.2 Å².